The molecule has 0 aliphatic heterocycles. The van der Waals surface area contributed by atoms with Gasteiger partial charge in [-0.15, -0.1) is 0 Å². The summed E-state index contributed by atoms with van der Waals surface area (Å²) in [6.07, 6.45) is 24.2. The van der Waals surface area contributed by atoms with E-state index in [1.54, 1.807) is 0 Å². The summed E-state index contributed by atoms with van der Waals surface area (Å²) in [5, 5.41) is 3.72. The third-order valence-corrected chi connectivity index (χ3v) is 4.32. The smallest absolute Gasteiger partial charge is 0.0476 e. The Labute approximate surface area is 116 Å². The lowest BCUT2D eigenvalue weighted by molar-refractivity contribution is 0.427. The maximum Gasteiger partial charge on any atom is 0.0476 e. The van der Waals surface area contributed by atoms with Crippen molar-refractivity contribution >= 4 is 0 Å². The van der Waals surface area contributed by atoms with Crippen LogP contribution < -0.4 is 5.32 Å². The van der Waals surface area contributed by atoms with Crippen LogP contribution in [0, 0.1) is 17.8 Å². The van der Waals surface area contributed by atoms with Crippen molar-refractivity contribution in [1.82, 2.24) is 5.32 Å². The van der Waals surface area contributed by atoms with Crippen molar-refractivity contribution < 1.29 is 0 Å². The Hall–Kier alpha value is -1.50. The monoisotopic (exact) mass is 253 g/mol. The third kappa shape index (κ3) is 3.09. The van der Waals surface area contributed by atoms with Gasteiger partial charge in [-0.25, -0.2) is 0 Å². The highest BCUT2D eigenvalue weighted by molar-refractivity contribution is 5.22. The van der Waals surface area contributed by atoms with Gasteiger partial charge in [-0.3, -0.25) is 0 Å². The Kier molecular flexibility index (Phi) is 3.72. The summed E-state index contributed by atoms with van der Waals surface area (Å²) >= 11 is 0. The number of allylic oxidation sites excluding steroid dienone is 8. The van der Waals surface area contributed by atoms with E-state index in [-0.39, 0.29) is 0 Å². The van der Waals surface area contributed by atoms with Gasteiger partial charge in [0.25, 0.3) is 0 Å². The van der Waals surface area contributed by atoms with Crippen molar-refractivity contribution in [3.63, 3.8) is 0 Å². The highest BCUT2D eigenvalue weighted by Gasteiger charge is 2.23. The van der Waals surface area contributed by atoms with Crippen LogP contribution in [0.4, 0.5) is 0 Å². The van der Waals surface area contributed by atoms with Gasteiger partial charge < -0.3 is 5.32 Å². The Morgan fingerprint density at radius 2 is 1.79 bits per heavy atom. The second-order valence-electron chi connectivity index (χ2n) is 5.93. The quantitative estimate of drug-likeness (QED) is 0.730. The van der Waals surface area contributed by atoms with E-state index in [0.29, 0.717) is 17.9 Å². The van der Waals surface area contributed by atoms with Crippen LogP contribution in [0.25, 0.3) is 0 Å². The fourth-order valence-corrected chi connectivity index (χ4v) is 3.14. The largest absolute Gasteiger partial charge is 0.382 e. The fraction of sp³-hybridized carbons (Fsp3) is 0.444. The van der Waals surface area contributed by atoms with Crippen LogP contribution in [-0.4, -0.2) is 6.04 Å². The first kappa shape index (κ1) is 12.5. The van der Waals surface area contributed by atoms with Crippen LogP contribution in [-0.2, 0) is 0 Å². The lowest BCUT2D eigenvalue weighted by Gasteiger charge is -2.30. The molecule has 3 rings (SSSR count). The first-order chi connectivity index (χ1) is 9.31. The molecule has 1 N–H and O–H groups in total. The standard InChI is InChI=1S/C18H23N/c1-14-5-4-8-17(11-9-14)19-18-12-10-15-6-2-3-7-16(15)13-18/h2-7,9,11-12,14-17,19H,8,10,13H2,1H3. The molecule has 0 aromatic heterocycles. The molecule has 0 aromatic carbocycles. The van der Waals surface area contributed by atoms with Crippen molar-refractivity contribution in [3.8, 4) is 0 Å². The average Bonchev–Trinajstić information content (AvgIpc) is 2.64. The van der Waals surface area contributed by atoms with E-state index < -0.39 is 0 Å². The van der Waals surface area contributed by atoms with Crippen molar-refractivity contribution in [2.24, 2.45) is 17.8 Å². The Balaban J connectivity index is 1.63. The summed E-state index contributed by atoms with van der Waals surface area (Å²) in [6.45, 7) is 2.24. The summed E-state index contributed by atoms with van der Waals surface area (Å²) in [5.74, 6) is 1.99. The molecule has 1 nitrogen and oxygen atoms in total. The molecule has 0 saturated carbocycles. The summed E-state index contributed by atoms with van der Waals surface area (Å²) in [4.78, 5) is 0. The van der Waals surface area contributed by atoms with E-state index in [1.165, 1.54) is 12.1 Å². The molecule has 4 unspecified atom stereocenters. The zero-order chi connectivity index (χ0) is 13.1. The third-order valence-electron chi connectivity index (χ3n) is 4.32. The summed E-state index contributed by atoms with van der Waals surface area (Å²) in [7, 11) is 0. The van der Waals surface area contributed by atoms with Gasteiger partial charge in [-0.1, -0.05) is 61.6 Å². The van der Waals surface area contributed by atoms with E-state index in [4.69, 9.17) is 0 Å². The first-order valence-corrected chi connectivity index (χ1v) is 7.47. The van der Waals surface area contributed by atoms with Crippen molar-refractivity contribution in [1.29, 1.82) is 0 Å². The number of hydrogen-bond donors (Lipinski definition) is 1. The molecule has 0 fully saturated rings. The van der Waals surface area contributed by atoms with Gasteiger partial charge in [-0.05, 0) is 37.0 Å². The van der Waals surface area contributed by atoms with Crippen LogP contribution in [0.15, 0.2) is 60.4 Å². The topological polar surface area (TPSA) is 12.0 Å². The number of hydrogen-bond acceptors (Lipinski definition) is 1. The van der Waals surface area contributed by atoms with Gasteiger partial charge in [0, 0.05) is 11.7 Å². The molecule has 0 radical (unpaired) electrons. The Bertz CT molecular complexity index is 464. The van der Waals surface area contributed by atoms with Gasteiger partial charge in [0.15, 0.2) is 0 Å². The second-order valence-corrected chi connectivity index (χ2v) is 5.93. The predicted octanol–water partition coefficient (Wildman–Crippen LogP) is 4.13. The number of fused-ring (bicyclic) bond motifs is 1. The molecule has 3 aliphatic rings. The first-order valence-electron chi connectivity index (χ1n) is 7.47. The van der Waals surface area contributed by atoms with E-state index in [9.17, 15) is 0 Å². The summed E-state index contributed by atoms with van der Waals surface area (Å²) in [6, 6.07) is 0.465. The zero-order valence-corrected chi connectivity index (χ0v) is 11.6. The molecule has 4 atom stereocenters. The minimum atomic E-state index is 0.465. The average molecular weight is 253 g/mol. The molecule has 3 aliphatic carbocycles. The number of nitrogens with one attached hydrogen (secondary N) is 1. The number of rotatable bonds is 2. The maximum atomic E-state index is 3.72. The Morgan fingerprint density at radius 3 is 2.68 bits per heavy atom. The van der Waals surface area contributed by atoms with Crippen molar-refractivity contribution in [2.75, 3.05) is 0 Å². The van der Waals surface area contributed by atoms with E-state index >= 15 is 0 Å². The molecule has 100 valence electrons. The lowest BCUT2D eigenvalue weighted by Crippen LogP contribution is -2.30. The molecule has 0 spiro atoms. The molecule has 0 saturated heterocycles. The summed E-state index contributed by atoms with van der Waals surface area (Å²) < 4.78 is 0. The highest BCUT2D eigenvalue weighted by atomic mass is 14.9. The Morgan fingerprint density at radius 1 is 0.947 bits per heavy atom. The molecule has 0 aromatic rings. The van der Waals surface area contributed by atoms with Gasteiger partial charge >= 0.3 is 0 Å². The minimum absolute atomic E-state index is 0.465. The summed E-state index contributed by atoms with van der Waals surface area (Å²) in [5.41, 5.74) is 1.43. The van der Waals surface area contributed by atoms with Crippen LogP contribution in [0.3, 0.4) is 0 Å². The minimum Gasteiger partial charge on any atom is -0.382 e. The van der Waals surface area contributed by atoms with Crippen molar-refractivity contribution in [3.05, 3.63) is 60.4 Å². The second kappa shape index (κ2) is 5.64. The van der Waals surface area contributed by atoms with E-state index in [1.807, 2.05) is 0 Å². The highest BCUT2D eigenvalue weighted by Crippen LogP contribution is 2.33. The van der Waals surface area contributed by atoms with Crippen molar-refractivity contribution in [2.45, 2.75) is 32.2 Å². The lowest BCUT2D eigenvalue weighted by atomic mass is 9.79. The van der Waals surface area contributed by atoms with Crippen LogP contribution in [0.5, 0.6) is 0 Å². The molecule has 0 bridgehead atoms. The predicted molar refractivity (Wildman–Crippen MR) is 81.6 cm³/mol. The van der Waals surface area contributed by atoms with E-state index in [2.05, 4.69) is 66.9 Å². The zero-order valence-electron chi connectivity index (χ0n) is 11.6. The molecule has 19 heavy (non-hydrogen) atoms. The molecular weight excluding hydrogens is 230 g/mol. The maximum absolute atomic E-state index is 3.72. The van der Waals surface area contributed by atoms with Crippen LogP contribution >= 0.6 is 0 Å². The molecule has 0 heterocycles. The molecule has 0 amide bonds. The molecule has 1 heteroatoms. The normalized spacial score (nSPS) is 36.6. The van der Waals surface area contributed by atoms with E-state index in [0.717, 1.165) is 18.8 Å². The van der Waals surface area contributed by atoms with Gasteiger partial charge in [0.05, 0.1) is 0 Å². The fourth-order valence-electron chi connectivity index (χ4n) is 3.14. The van der Waals surface area contributed by atoms with Crippen LogP contribution in [0.2, 0.25) is 0 Å². The van der Waals surface area contributed by atoms with Gasteiger partial charge in [0.1, 0.15) is 0 Å². The molecular formula is C18H23N. The van der Waals surface area contributed by atoms with Gasteiger partial charge in [-0.2, -0.15) is 0 Å². The van der Waals surface area contributed by atoms with Gasteiger partial charge in [0.2, 0.25) is 0 Å². The SMILES string of the molecule is CC1C=CCC(NC2=CCC3C=CC=CC3C2)C=C1. The van der Waals surface area contributed by atoms with Crippen LogP contribution in [0.1, 0.15) is 26.2 Å².